The van der Waals surface area contributed by atoms with E-state index < -0.39 is 0 Å². The lowest BCUT2D eigenvalue weighted by atomic mass is 10.1. The largest absolute Gasteiger partial charge is 0.457 e. The SMILES string of the molecule is CCc1ccnc(-n2c3ccccc3c3ccc(Oc4ccc5c6ccc(Oc7ccc8c9ccccc9n(-c9cc(CC)ccn9)c8c7)cc6n(-c6ncccn6)c5c4)cc32)c1. The van der Waals surface area contributed by atoms with Crippen LogP contribution in [0.4, 0.5) is 0 Å². The Morgan fingerprint density at radius 3 is 1.14 bits per heavy atom. The first-order valence-corrected chi connectivity index (χ1v) is 21.3. The Bertz CT molecular complexity index is 3510. The van der Waals surface area contributed by atoms with Crippen LogP contribution in [0.5, 0.6) is 23.0 Å². The van der Waals surface area contributed by atoms with Gasteiger partial charge in [0.05, 0.1) is 33.1 Å². The van der Waals surface area contributed by atoms with Crippen LogP contribution in [-0.4, -0.2) is 33.6 Å². The maximum absolute atomic E-state index is 6.71. The summed E-state index contributed by atoms with van der Waals surface area (Å²) in [5.74, 6) is 5.13. The first-order chi connectivity index (χ1) is 31.1. The molecule has 12 aromatic rings. The summed E-state index contributed by atoms with van der Waals surface area (Å²) in [6.45, 7) is 4.33. The first kappa shape index (κ1) is 36.5. The number of benzene rings is 6. The van der Waals surface area contributed by atoms with Gasteiger partial charge in [-0.25, -0.2) is 19.9 Å². The summed E-state index contributed by atoms with van der Waals surface area (Å²) < 4.78 is 19.9. The van der Waals surface area contributed by atoms with Crippen molar-refractivity contribution in [3.63, 3.8) is 0 Å². The summed E-state index contributed by atoms with van der Waals surface area (Å²) in [5.41, 5.74) is 8.54. The fourth-order valence-electron chi connectivity index (χ4n) is 9.13. The molecule has 0 bridgehead atoms. The van der Waals surface area contributed by atoms with E-state index >= 15 is 0 Å². The molecule has 0 unspecified atom stereocenters. The van der Waals surface area contributed by atoms with E-state index in [0.717, 1.165) is 90.6 Å². The summed E-state index contributed by atoms with van der Waals surface area (Å²) in [6, 6.07) is 52.2. The summed E-state index contributed by atoms with van der Waals surface area (Å²) in [6.07, 6.45) is 9.16. The summed E-state index contributed by atoms with van der Waals surface area (Å²) >= 11 is 0. The van der Waals surface area contributed by atoms with Crippen molar-refractivity contribution in [2.45, 2.75) is 26.7 Å². The molecule has 302 valence electrons. The standard InChI is InChI=1S/C54H39N7O2/c1-3-34-22-26-55-52(28-34)59-46-12-7-5-10-40(46)42-18-14-36(30-48(42)59)62-38-16-20-44-45-21-17-39(33-51(45)61(50(44)32-38)54-57-24-9-25-58-54)63-37-15-19-43-41-11-6-8-13-47(41)60(49(43)31-37)53-29-35(4-2)23-27-56-53/h5-33H,3-4H2,1-2H3. The second-order valence-corrected chi connectivity index (χ2v) is 15.8. The topological polar surface area (TPSA) is 84.8 Å². The number of aryl methyl sites for hydroxylation is 2. The molecule has 0 aliphatic heterocycles. The normalized spacial score (nSPS) is 11.8. The van der Waals surface area contributed by atoms with Crippen LogP contribution in [0.3, 0.4) is 0 Å². The Labute approximate surface area is 362 Å². The van der Waals surface area contributed by atoms with Crippen molar-refractivity contribution in [3.8, 4) is 40.6 Å². The van der Waals surface area contributed by atoms with Gasteiger partial charge in [-0.3, -0.25) is 13.7 Å². The lowest BCUT2D eigenvalue weighted by Crippen LogP contribution is -2.00. The highest BCUT2D eigenvalue weighted by molar-refractivity contribution is 6.11. The molecule has 9 nitrogen and oxygen atoms in total. The highest BCUT2D eigenvalue weighted by atomic mass is 16.5. The molecule has 0 atom stereocenters. The molecule has 9 heteroatoms. The first-order valence-electron chi connectivity index (χ1n) is 21.3. The van der Waals surface area contributed by atoms with Gasteiger partial charge < -0.3 is 9.47 Å². The van der Waals surface area contributed by atoms with Crippen LogP contribution < -0.4 is 9.47 Å². The van der Waals surface area contributed by atoms with Gasteiger partial charge in [-0.05, 0) is 115 Å². The molecular weight excluding hydrogens is 779 g/mol. The zero-order valence-electron chi connectivity index (χ0n) is 34.6. The molecule has 0 fully saturated rings. The number of rotatable bonds is 9. The molecule has 6 heterocycles. The van der Waals surface area contributed by atoms with Crippen LogP contribution >= 0.6 is 0 Å². The third-order valence-electron chi connectivity index (χ3n) is 12.1. The summed E-state index contributed by atoms with van der Waals surface area (Å²) in [5, 5.41) is 6.69. The van der Waals surface area contributed by atoms with E-state index in [1.54, 1.807) is 12.4 Å². The average Bonchev–Trinajstić information content (AvgIpc) is 3.96. The minimum atomic E-state index is 0.548. The molecule has 6 aromatic carbocycles. The molecule has 0 amide bonds. The molecular formula is C54H39N7O2. The van der Waals surface area contributed by atoms with Gasteiger partial charge in [0, 0.05) is 81.4 Å². The van der Waals surface area contributed by atoms with Crippen molar-refractivity contribution in [1.29, 1.82) is 0 Å². The molecule has 0 N–H and O–H groups in total. The van der Waals surface area contributed by atoms with E-state index in [2.05, 4.69) is 149 Å². The lowest BCUT2D eigenvalue weighted by molar-refractivity contribution is 0.484. The Balaban J connectivity index is 0.947. The third kappa shape index (κ3) is 6.08. The van der Waals surface area contributed by atoms with Gasteiger partial charge in [-0.2, -0.15) is 0 Å². The van der Waals surface area contributed by atoms with Crippen LogP contribution in [0.2, 0.25) is 0 Å². The highest BCUT2D eigenvalue weighted by Crippen LogP contribution is 2.40. The molecule has 0 aliphatic rings. The predicted molar refractivity (Wildman–Crippen MR) is 252 cm³/mol. The van der Waals surface area contributed by atoms with E-state index in [9.17, 15) is 0 Å². The number of nitrogens with zero attached hydrogens (tertiary/aromatic N) is 7. The second kappa shape index (κ2) is 14.7. The molecule has 0 radical (unpaired) electrons. The molecule has 12 rings (SSSR count). The van der Waals surface area contributed by atoms with E-state index in [1.807, 2.05) is 42.7 Å². The Morgan fingerprint density at radius 2 is 0.730 bits per heavy atom. The van der Waals surface area contributed by atoms with Gasteiger partial charge in [-0.1, -0.05) is 50.2 Å². The van der Waals surface area contributed by atoms with Gasteiger partial charge in [-0.15, -0.1) is 0 Å². The van der Waals surface area contributed by atoms with E-state index in [-0.39, 0.29) is 0 Å². The minimum absolute atomic E-state index is 0.548. The fourth-order valence-corrected chi connectivity index (χ4v) is 9.13. The minimum Gasteiger partial charge on any atom is -0.457 e. The number of ether oxygens (including phenoxy) is 2. The van der Waals surface area contributed by atoms with Crippen LogP contribution in [0.25, 0.3) is 83.0 Å². The van der Waals surface area contributed by atoms with Crippen LogP contribution in [-0.2, 0) is 12.8 Å². The fraction of sp³-hybridized carbons (Fsp3) is 0.0741. The van der Waals surface area contributed by atoms with Crippen molar-refractivity contribution in [3.05, 3.63) is 188 Å². The Kier molecular flexibility index (Phi) is 8.53. The van der Waals surface area contributed by atoms with Gasteiger partial charge in [0.2, 0.25) is 5.95 Å². The quantitative estimate of drug-likeness (QED) is 0.144. The van der Waals surface area contributed by atoms with Crippen molar-refractivity contribution < 1.29 is 9.47 Å². The van der Waals surface area contributed by atoms with Gasteiger partial charge in [0.1, 0.15) is 34.6 Å². The van der Waals surface area contributed by atoms with Crippen molar-refractivity contribution in [2.24, 2.45) is 0 Å². The highest BCUT2D eigenvalue weighted by Gasteiger charge is 2.19. The number of fused-ring (bicyclic) bond motifs is 9. The molecule has 0 saturated carbocycles. The summed E-state index contributed by atoms with van der Waals surface area (Å²) in [7, 11) is 0. The van der Waals surface area contributed by atoms with Crippen LogP contribution in [0, 0.1) is 0 Å². The molecule has 0 saturated heterocycles. The zero-order chi connectivity index (χ0) is 42.0. The third-order valence-corrected chi connectivity index (χ3v) is 12.1. The summed E-state index contributed by atoms with van der Waals surface area (Å²) in [4.78, 5) is 19.0. The average molecular weight is 818 g/mol. The second-order valence-electron chi connectivity index (χ2n) is 15.8. The molecule has 6 aromatic heterocycles. The molecule has 0 spiro atoms. The predicted octanol–water partition coefficient (Wildman–Crippen LogP) is 13.3. The van der Waals surface area contributed by atoms with E-state index in [1.165, 1.54) is 21.9 Å². The maximum atomic E-state index is 6.71. The van der Waals surface area contributed by atoms with Crippen LogP contribution in [0.1, 0.15) is 25.0 Å². The zero-order valence-corrected chi connectivity index (χ0v) is 34.6. The number of hydrogen-bond acceptors (Lipinski definition) is 6. The lowest BCUT2D eigenvalue weighted by Gasteiger charge is -2.11. The smallest absolute Gasteiger partial charge is 0.234 e. The number of para-hydroxylation sites is 2. The number of pyridine rings is 2. The Hall–Kier alpha value is -8.30. The van der Waals surface area contributed by atoms with Gasteiger partial charge >= 0.3 is 0 Å². The van der Waals surface area contributed by atoms with Gasteiger partial charge in [0.15, 0.2) is 0 Å². The van der Waals surface area contributed by atoms with Crippen molar-refractivity contribution in [1.82, 2.24) is 33.6 Å². The van der Waals surface area contributed by atoms with Gasteiger partial charge in [0.25, 0.3) is 0 Å². The monoisotopic (exact) mass is 817 g/mol. The number of hydrogen-bond donors (Lipinski definition) is 0. The van der Waals surface area contributed by atoms with Crippen LogP contribution in [0.15, 0.2) is 176 Å². The Morgan fingerprint density at radius 1 is 0.349 bits per heavy atom. The molecule has 63 heavy (non-hydrogen) atoms. The van der Waals surface area contributed by atoms with Crippen molar-refractivity contribution >= 4 is 65.4 Å². The molecule has 0 aliphatic carbocycles. The van der Waals surface area contributed by atoms with E-state index in [4.69, 9.17) is 29.4 Å². The number of aromatic nitrogens is 7. The van der Waals surface area contributed by atoms with E-state index in [0.29, 0.717) is 17.4 Å². The maximum Gasteiger partial charge on any atom is 0.234 e. The van der Waals surface area contributed by atoms with Crippen molar-refractivity contribution in [2.75, 3.05) is 0 Å².